The molecule has 0 bridgehead atoms. The summed E-state index contributed by atoms with van der Waals surface area (Å²) in [5.74, 6) is -1.71. The smallest absolute Gasteiger partial charge is 0.159 e. The maximum absolute atomic E-state index is 13.4. The molecule has 0 fully saturated rings. The number of benzene rings is 2. The van der Waals surface area contributed by atoms with Gasteiger partial charge in [0.25, 0.3) is 0 Å². The summed E-state index contributed by atoms with van der Waals surface area (Å²) in [4.78, 5) is 1.98. The van der Waals surface area contributed by atoms with E-state index in [0.29, 0.717) is 23.7 Å². The second-order valence-corrected chi connectivity index (χ2v) is 5.41. The Morgan fingerprint density at radius 2 is 1.90 bits per heavy atom. The average Bonchev–Trinajstić information content (AvgIpc) is 2.43. The van der Waals surface area contributed by atoms with E-state index in [1.807, 2.05) is 30.1 Å². The van der Waals surface area contributed by atoms with Crippen molar-refractivity contribution in [1.29, 1.82) is 0 Å². The Labute approximate surface area is 128 Å². The molecule has 112 valence electrons. The predicted octanol–water partition coefficient (Wildman–Crippen LogP) is 3.75. The van der Waals surface area contributed by atoms with Crippen LogP contribution in [0.3, 0.4) is 0 Å². The Hall–Kier alpha value is -1.49. The van der Waals surface area contributed by atoms with Crippen molar-refractivity contribution in [2.24, 2.45) is 5.73 Å². The normalized spacial score (nSPS) is 12.7. The van der Waals surface area contributed by atoms with Crippen LogP contribution in [-0.4, -0.2) is 18.5 Å². The van der Waals surface area contributed by atoms with Gasteiger partial charge in [-0.3, -0.25) is 4.90 Å². The van der Waals surface area contributed by atoms with Gasteiger partial charge in [0, 0.05) is 24.2 Å². The fourth-order valence-electron chi connectivity index (χ4n) is 2.32. The third-order valence-electron chi connectivity index (χ3n) is 3.40. The van der Waals surface area contributed by atoms with E-state index >= 15 is 0 Å². The number of hydrogen-bond acceptors (Lipinski definition) is 2. The van der Waals surface area contributed by atoms with Crippen molar-refractivity contribution in [1.82, 2.24) is 4.90 Å². The zero-order chi connectivity index (χ0) is 15.4. The van der Waals surface area contributed by atoms with Crippen molar-refractivity contribution in [3.63, 3.8) is 0 Å². The SMILES string of the molecule is CN(Cc1cccc(Cl)c1)C(CN)c1ccc(F)c(F)c1. The van der Waals surface area contributed by atoms with Gasteiger partial charge in [-0.1, -0.05) is 29.8 Å². The lowest BCUT2D eigenvalue weighted by Gasteiger charge is -2.27. The summed E-state index contributed by atoms with van der Waals surface area (Å²) < 4.78 is 26.4. The van der Waals surface area contributed by atoms with Gasteiger partial charge in [-0.25, -0.2) is 8.78 Å². The van der Waals surface area contributed by atoms with Crippen LogP contribution in [0.4, 0.5) is 8.78 Å². The fraction of sp³-hybridized carbons (Fsp3) is 0.250. The zero-order valence-corrected chi connectivity index (χ0v) is 12.4. The number of hydrogen-bond donors (Lipinski definition) is 1. The van der Waals surface area contributed by atoms with Crippen LogP contribution in [0.2, 0.25) is 5.02 Å². The summed E-state index contributed by atoms with van der Waals surface area (Å²) in [6, 6.07) is 11.2. The molecule has 1 atom stereocenters. The second-order valence-electron chi connectivity index (χ2n) is 4.97. The number of nitrogens with two attached hydrogens (primary N) is 1. The van der Waals surface area contributed by atoms with Crippen LogP contribution < -0.4 is 5.73 Å². The van der Waals surface area contributed by atoms with Gasteiger partial charge in [0.15, 0.2) is 11.6 Å². The van der Waals surface area contributed by atoms with E-state index in [0.717, 1.165) is 11.6 Å². The van der Waals surface area contributed by atoms with Gasteiger partial charge < -0.3 is 5.73 Å². The largest absolute Gasteiger partial charge is 0.329 e. The van der Waals surface area contributed by atoms with Crippen LogP contribution in [0, 0.1) is 11.6 Å². The quantitative estimate of drug-likeness (QED) is 0.911. The van der Waals surface area contributed by atoms with Gasteiger partial charge >= 0.3 is 0 Å². The molecule has 0 spiro atoms. The van der Waals surface area contributed by atoms with Gasteiger partial charge in [0.1, 0.15) is 0 Å². The number of halogens is 3. The third-order valence-corrected chi connectivity index (χ3v) is 3.64. The van der Waals surface area contributed by atoms with Crippen molar-refractivity contribution < 1.29 is 8.78 Å². The highest BCUT2D eigenvalue weighted by Crippen LogP contribution is 2.23. The van der Waals surface area contributed by atoms with Crippen LogP contribution in [0.15, 0.2) is 42.5 Å². The van der Waals surface area contributed by atoms with Gasteiger partial charge in [-0.15, -0.1) is 0 Å². The molecule has 0 aromatic heterocycles. The lowest BCUT2D eigenvalue weighted by molar-refractivity contribution is 0.241. The Kier molecular flexibility index (Phi) is 5.28. The number of likely N-dealkylation sites (N-methyl/N-ethyl adjacent to an activating group) is 1. The summed E-state index contributed by atoms with van der Waals surface area (Å²) in [7, 11) is 1.89. The van der Waals surface area contributed by atoms with Crippen LogP contribution in [0.1, 0.15) is 17.2 Å². The van der Waals surface area contributed by atoms with Crippen LogP contribution in [0.5, 0.6) is 0 Å². The molecule has 0 aliphatic rings. The molecule has 2 N–H and O–H groups in total. The lowest BCUT2D eigenvalue weighted by atomic mass is 10.0. The standard InChI is InChI=1S/C16H17ClF2N2/c1-21(10-11-3-2-4-13(17)7-11)16(9-20)12-5-6-14(18)15(19)8-12/h2-8,16H,9-10,20H2,1H3. The highest BCUT2D eigenvalue weighted by atomic mass is 35.5. The molecule has 0 saturated heterocycles. The summed E-state index contributed by atoms with van der Waals surface area (Å²) in [5, 5.41) is 0.665. The summed E-state index contributed by atoms with van der Waals surface area (Å²) in [6.45, 7) is 0.920. The Balaban J connectivity index is 2.18. The molecular weight excluding hydrogens is 294 g/mol. The maximum atomic E-state index is 13.4. The van der Waals surface area contributed by atoms with Crippen LogP contribution in [-0.2, 0) is 6.54 Å². The van der Waals surface area contributed by atoms with Crippen molar-refractivity contribution in [3.8, 4) is 0 Å². The van der Waals surface area contributed by atoms with E-state index < -0.39 is 11.6 Å². The average molecular weight is 311 g/mol. The van der Waals surface area contributed by atoms with Crippen LogP contribution in [0.25, 0.3) is 0 Å². The molecule has 2 nitrogen and oxygen atoms in total. The molecule has 0 saturated carbocycles. The maximum Gasteiger partial charge on any atom is 0.159 e. The lowest BCUT2D eigenvalue weighted by Crippen LogP contribution is -2.30. The van der Waals surface area contributed by atoms with Crippen molar-refractivity contribution in [2.75, 3.05) is 13.6 Å². The van der Waals surface area contributed by atoms with E-state index in [-0.39, 0.29) is 6.04 Å². The molecular formula is C16H17ClF2N2. The topological polar surface area (TPSA) is 29.3 Å². The molecule has 2 aromatic rings. The molecule has 0 aliphatic heterocycles. The van der Waals surface area contributed by atoms with Crippen molar-refractivity contribution in [3.05, 3.63) is 70.2 Å². The van der Waals surface area contributed by atoms with E-state index in [1.165, 1.54) is 6.07 Å². The van der Waals surface area contributed by atoms with E-state index in [1.54, 1.807) is 12.1 Å². The molecule has 0 amide bonds. The first kappa shape index (κ1) is 15.9. The Morgan fingerprint density at radius 1 is 1.14 bits per heavy atom. The van der Waals surface area contributed by atoms with Crippen molar-refractivity contribution >= 4 is 11.6 Å². The third kappa shape index (κ3) is 4.00. The minimum Gasteiger partial charge on any atom is -0.329 e. The number of nitrogens with zero attached hydrogens (tertiary/aromatic N) is 1. The molecule has 5 heteroatoms. The second kappa shape index (κ2) is 6.98. The molecule has 21 heavy (non-hydrogen) atoms. The van der Waals surface area contributed by atoms with E-state index in [2.05, 4.69) is 0 Å². The summed E-state index contributed by atoms with van der Waals surface area (Å²) in [6.07, 6.45) is 0. The van der Waals surface area contributed by atoms with Gasteiger partial charge in [0.2, 0.25) is 0 Å². The van der Waals surface area contributed by atoms with E-state index in [9.17, 15) is 8.78 Å². The zero-order valence-electron chi connectivity index (χ0n) is 11.7. The first-order valence-corrected chi connectivity index (χ1v) is 6.98. The monoisotopic (exact) mass is 310 g/mol. The highest BCUT2D eigenvalue weighted by molar-refractivity contribution is 6.30. The van der Waals surface area contributed by atoms with Gasteiger partial charge in [-0.2, -0.15) is 0 Å². The van der Waals surface area contributed by atoms with Gasteiger partial charge in [0.05, 0.1) is 0 Å². The molecule has 0 radical (unpaired) electrons. The molecule has 0 heterocycles. The van der Waals surface area contributed by atoms with E-state index in [4.69, 9.17) is 17.3 Å². The molecule has 2 rings (SSSR count). The highest BCUT2D eigenvalue weighted by Gasteiger charge is 2.17. The minimum atomic E-state index is -0.859. The first-order valence-electron chi connectivity index (χ1n) is 6.61. The molecule has 1 unspecified atom stereocenters. The summed E-state index contributed by atoms with van der Waals surface area (Å²) in [5.41, 5.74) is 7.48. The number of rotatable bonds is 5. The predicted molar refractivity (Wildman–Crippen MR) is 81.1 cm³/mol. The molecule has 0 aliphatic carbocycles. The first-order chi connectivity index (χ1) is 10.0. The molecule has 2 aromatic carbocycles. The summed E-state index contributed by atoms with van der Waals surface area (Å²) >= 11 is 5.96. The minimum absolute atomic E-state index is 0.195. The Morgan fingerprint density at radius 3 is 2.52 bits per heavy atom. The van der Waals surface area contributed by atoms with Gasteiger partial charge in [-0.05, 0) is 42.4 Å². The Bertz CT molecular complexity index is 619. The van der Waals surface area contributed by atoms with Crippen molar-refractivity contribution in [2.45, 2.75) is 12.6 Å². The van der Waals surface area contributed by atoms with Crippen LogP contribution >= 0.6 is 11.6 Å². The fourth-order valence-corrected chi connectivity index (χ4v) is 2.54.